The highest BCUT2D eigenvalue weighted by molar-refractivity contribution is 9.10. The maximum absolute atomic E-state index is 13.0. The first-order valence-electron chi connectivity index (χ1n) is 7.67. The minimum absolute atomic E-state index is 0.0588. The average Bonchev–Trinajstić information content (AvgIpc) is 2.94. The number of hydrogen-bond acceptors (Lipinski definition) is 4. The first-order chi connectivity index (χ1) is 10.8. The maximum Gasteiger partial charge on any atom is 0.407 e. The number of aromatic nitrogens is 2. The van der Waals surface area contributed by atoms with Crippen molar-refractivity contribution in [2.45, 2.75) is 46.2 Å². The van der Waals surface area contributed by atoms with Gasteiger partial charge in [0.25, 0.3) is 0 Å². The lowest BCUT2D eigenvalue weighted by atomic mass is 10.0. The van der Waals surface area contributed by atoms with E-state index in [1.165, 1.54) is 7.11 Å². The van der Waals surface area contributed by atoms with Crippen LogP contribution in [0.5, 0.6) is 0 Å². The summed E-state index contributed by atoms with van der Waals surface area (Å²) in [6.45, 7) is 8.26. The molecule has 7 nitrogen and oxygen atoms in total. The van der Waals surface area contributed by atoms with E-state index in [-0.39, 0.29) is 17.9 Å². The van der Waals surface area contributed by atoms with Crippen molar-refractivity contribution < 1.29 is 14.3 Å². The molecular formula is C15H25BrN4O3. The molecule has 1 heterocycles. The predicted molar refractivity (Wildman–Crippen MR) is 90.9 cm³/mol. The van der Waals surface area contributed by atoms with E-state index >= 15 is 0 Å². The number of ether oxygens (including phenoxy) is 1. The zero-order chi connectivity index (χ0) is 17.6. The lowest BCUT2D eigenvalue weighted by Crippen LogP contribution is -2.52. The number of alkyl carbamates (subject to hydrolysis) is 1. The Kier molecular flexibility index (Phi) is 7.54. The molecule has 2 amide bonds. The Morgan fingerprint density at radius 1 is 1.43 bits per heavy atom. The van der Waals surface area contributed by atoms with Crippen LogP contribution in [0.3, 0.4) is 0 Å². The summed E-state index contributed by atoms with van der Waals surface area (Å²) in [7, 11) is 1.28. The molecule has 23 heavy (non-hydrogen) atoms. The highest BCUT2D eigenvalue weighted by Crippen LogP contribution is 2.21. The van der Waals surface area contributed by atoms with E-state index in [1.54, 1.807) is 11.1 Å². The first-order valence-corrected chi connectivity index (χ1v) is 8.46. The van der Waals surface area contributed by atoms with Crippen LogP contribution in [0.25, 0.3) is 0 Å². The van der Waals surface area contributed by atoms with Gasteiger partial charge in [0, 0.05) is 6.54 Å². The standard InChI is InChI=1S/C15H25BrN4O3/c1-6-7-20(10(4)13-17-8-11(16)18-13)14(21)12(9(2)3)19-15(22)23-5/h8-10,12H,6-7H2,1-5H3,(H,17,18)(H,19,22)/t10-,12-/m0/s1. The van der Waals surface area contributed by atoms with Gasteiger partial charge in [-0.2, -0.15) is 0 Å². The topological polar surface area (TPSA) is 87.3 Å². The van der Waals surface area contributed by atoms with Gasteiger partial charge in [-0.1, -0.05) is 20.8 Å². The number of aromatic amines is 1. The van der Waals surface area contributed by atoms with E-state index in [9.17, 15) is 9.59 Å². The fourth-order valence-corrected chi connectivity index (χ4v) is 2.59. The second-order valence-corrected chi connectivity index (χ2v) is 6.54. The molecule has 130 valence electrons. The zero-order valence-corrected chi connectivity index (χ0v) is 15.8. The number of H-pyrrole nitrogens is 1. The van der Waals surface area contributed by atoms with Gasteiger partial charge < -0.3 is 19.9 Å². The van der Waals surface area contributed by atoms with Crippen LogP contribution in [-0.2, 0) is 9.53 Å². The number of hydrogen-bond donors (Lipinski definition) is 2. The van der Waals surface area contributed by atoms with E-state index in [1.807, 2.05) is 27.7 Å². The quantitative estimate of drug-likeness (QED) is 0.751. The number of carbonyl (C=O) groups is 2. The highest BCUT2D eigenvalue weighted by atomic mass is 79.9. The van der Waals surface area contributed by atoms with Crippen LogP contribution in [-0.4, -0.2) is 46.6 Å². The van der Waals surface area contributed by atoms with Crippen molar-refractivity contribution in [3.8, 4) is 0 Å². The first kappa shape index (κ1) is 19.5. The summed E-state index contributed by atoms with van der Waals surface area (Å²) < 4.78 is 5.38. The Hall–Kier alpha value is -1.57. The number of nitrogens with zero attached hydrogens (tertiary/aromatic N) is 2. The molecule has 0 aliphatic carbocycles. The normalized spacial score (nSPS) is 13.5. The van der Waals surface area contributed by atoms with E-state index in [0.29, 0.717) is 12.4 Å². The van der Waals surface area contributed by atoms with Gasteiger partial charge in [-0.05, 0) is 35.2 Å². The van der Waals surface area contributed by atoms with Gasteiger partial charge >= 0.3 is 6.09 Å². The molecule has 0 unspecified atom stereocenters. The maximum atomic E-state index is 13.0. The van der Waals surface area contributed by atoms with Crippen molar-refractivity contribution in [3.05, 3.63) is 16.6 Å². The Balaban J connectivity index is 3.00. The number of imidazole rings is 1. The van der Waals surface area contributed by atoms with Crippen molar-refractivity contribution in [3.63, 3.8) is 0 Å². The minimum Gasteiger partial charge on any atom is -0.453 e. The number of carbonyl (C=O) groups excluding carboxylic acids is 2. The summed E-state index contributed by atoms with van der Waals surface area (Å²) in [5.74, 6) is 0.489. The van der Waals surface area contributed by atoms with Crippen molar-refractivity contribution in [2.75, 3.05) is 13.7 Å². The molecular weight excluding hydrogens is 364 g/mol. The Bertz CT molecular complexity index is 533. The van der Waals surface area contributed by atoms with Gasteiger partial charge in [-0.3, -0.25) is 4.79 Å². The molecule has 0 saturated carbocycles. The van der Waals surface area contributed by atoms with Crippen molar-refractivity contribution in [1.82, 2.24) is 20.2 Å². The molecule has 0 spiro atoms. The van der Waals surface area contributed by atoms with E-state index in [0.717, 1.165) is 11.0 Å². The zero-order valence-electron chi connectivity index (χ0n) is 14.2. The number of nitrogens with one attached hydrogen (secondary N) is 2. The molecule has 2 atom stereocenters. The number of amides is 2. The molecule has 1 rings (SSSR count). The van der Waals surface area contributed by atoms with Crippen LogP contribution in [0.15, 0.2) is 10.8 Å². The molecule has 0 fully saturated rings. The summed E-state index contributed by atoms with van der Waals surface area (Å²) >= 11 is 3.32. The largest absolute Gasteiger partial charge is 0.453 e. The van der Waals surface area contributed by atoms with Crippen LogP contribution in [0.4, 0.5) is 4.79 Å². The molecule has 1 aromatic rings. The summed E-state index contributed by atoms with van der Waals surface area (Å²) in [4.78, 5) is 33.6. The van der Waals surface area contributed by atoms with Crippen LogP contribution < -0.4 is 5.32 Å². The van der Waals surface area contributed by atoms with Crippen LogP contribution in [0.1, 0.15) is 46.0 Å². The summed E-state index contributed by atoms with van der Waals surface area (Å²) in [5, 5.41) is 2.62. The monoisotopic (exact) mass is 388 g/mol. The van der Waals surface area contributed by atoms with Crippen molar-refractivity contribution >= 4 is 27.9 Å². The Morgan fingerprint density at radius 2 is 2.09 bits per heavy atom. The molecule has 0 aliphatic heterocycles. The van der Waals surface area contributed by atoms with Crippen molar-refractivity contribution in [1.29, 1.82) is 0 Å². The third-order valence-corrected chi connectivity index (χ3v) is 3.97. The summed E-state index contributed by atoms with van der Waals surface area (Å²) in [6.07, 6.45) is 1.86. The van der Waals surface area contributed by atoms with Gasteiger partial charge in [0.05, 0.1) is 19.3 Å². The van der Waals surface area contributed by atoms with E-state index in [2.05, 4.69) is 36.0 Å². The summed E-state index contributed by atoms with van der Waals surface area (Å²) in [6, 6.07) is -0.871. The number of halogens is 1. The van der Waals surface area contributed by atoms with Crippen LogP contribution in [0.2, 0.25) is 0 Å². The van der Waals surface area contributed by atoms with Gasteiger partial charge in [0.15, 0.2) is 0 Å². The minimum atomic E-state index is -0.644. The average molecular weight is 389 g/mol. The molecule has 1 aromatic heterocycles. The molecule has 2 N–H and O–H groups in total. The third-order valence-electron chi connectivity index (χ3n) is 3.57. The van der Waals surface area contributed by atoms with Crippen LogP contribution in [0, 0.1) is 5.92 Å². The van der Waals surface area contributed by atoms with Gasteiger partial charge in [-0.15, -0.1) is 0 Å². The second kappa shape index (κ2) is 8.90. The molecule has 0 aromatic carbocycles. The van der Waals surface area contributed by atoms with Crippen molar-refractivity contribution in [2.24, 2.45) is 5.92 Å². The molecule has 0 radical (unpaired) electrons. The highest BCUT2D eigenvalue weighted by Gasteiger charge is 2.32. The fraction of sp³-hybridized carbons (Fsp3) is 0.667. The van der Waals surface area contributed by atoms with E-state index < -0.39 is 12.1 Å². The predicted octanol–water partition coefficient (Wildman–Crippen LogP) is 2.85. The Labute approximate surface area is 145 Å². The SMILES string of the molecule is CCCN(C(=O)[C@@H](NC(=O)OC)C(C)C)[C@@H](C)c1ncc(Br)[nH]1. The molecule has 0 bridgehead atoms. The fourth-order valence-electron chi connectivity index (χ4n) is 2.29. The van der Waals surface area contributed by atoms with Crippen LogP contribution >= 0.6 is 15.9 Å². The molecule has 0 aliphatic rings. The van der Waals surface area contributed by atoms with Gasteiger partial charge in [0.2, 0.25) is 5.91 Å². The second-order valence-electron chi connectivity index (χ2n) is 5.68. The number of methoxy groups -OCH3 is 1. The third kappa shape index (κ3) is 5.23. The lowest BCUT2D eigenvalue weighted by molar-refractivity contribution is -0.136. The smallest absolute Gasteiger partial charge is 0.407 e. The van der Waals surface area contributed by atoms with Gasteiger partial charge in [-0.25, -0.2) is 9.78 Å². The lowest BCUT2D eigenvalue weighted by Gasteiger charge is -2.32. The molecule has 0 saturated heterocycles. The summed E-state index contributed by atoms with van der Waals surface area (Å²) in [5.41, 5.74) is 0. The Morgan fingerprint density at radius 3 is 2.52 bits per heavy atom. The van der Waals surface area contributed by atoms with Gasteiger partial charge in [0.1, 0.15) is 16.5 Å². The van der Waals surface area contributed by atoms with E-state index in [4.69, 9.17) is 0 Å². The number of rotatable bonds is 7. The molecule has 8 heteroatoms.